The summed E-state index contributed by atoms with van der Waals surface area (Å²) in [6.45, 7) is -0.188. The van der Waals surface area contributed by atoms with Crippen LogP contribution in [0.5, 0.6) is 0 Å². The van der Waals surface area contributed by atoms with Crippen molar-refractivity contribution < 1.29 is 14.7 Å². The first-order chi connectivity index (χ1) is 9.22. The van der Waals surface area contributed by atoms with E-state index in [1.165, 1.54) is 4.90 Å². The molecule has 2 amide bonds. The monoisotopic (exact) mass is 261 g/mol. The van der Waals surface area contributed by atoms with Gasteiger partial charge in [-0.2, -0.15) is 0 Å². The van der Waals surface area contributed by atoms with Crippen LogP contribution in [-0.4, -0.2) is 34.5 Å². The molecule has 4 heteroatoms. The fourth-order valence-corrected chi connectivity index (χ4v) is 2.46. The van der Waals surface area contributed by atoms with Gasteiger partial charge in [-0.3, -0.25) is 14.5 Å². The lowest BCUT2D eigenvalue weighted by Gasteiger charge is -2.27. The van der Waals surface area contributed by atoms with Gasteiger partial charge < -0.3 is 5.11 Å². The zero-order valence-electron chi connectivity index (χ0n) is 10.9. The lowest BCUT2D eigenvalue weighted by Crippen LogP contribution is -2.46. The maximum atomic E-state index is 12.0. The van der Waals surface area contributed by atoms with Gasteiger partial charge in [0.1, 0.15) is 0 Å². The summed E-state index contributed by atoms with van der Waals surface area (Å²) in [7, 11) is 0. The van der Waals surface area contributed by atoms with Crippen LogP contribution in [0.4, 0.5) is 0 Å². The number of hydrogen-bond acceptors (Lipinski definition) is 3. The van der Waals surface area contributed by atoms with Crippen molar-refractivity contribution in [3.63, 3.8) is 0 Å². The molecule has 0 unspecified atom stereocenters. The fraction of sp³-hybridized carbons (Fsp3) is 0.467. The standard InChI is InChI=1S/C15H19NO3/c17-11-13(10-12-6-2-1-3-7-12)16-14(18)8-4-5-9-15(16)19/h1-3,6-7,13,17H,4-5,8-11H2/t13-/m1/s1. The molecule has 0 spiro atoms. The highest BCUT2D eigenvalue weighted by atomic mass is 16.3. The van der Waals surface area contributed by atoms with Crippen molar-refractivity contribution in [2.45, 2.75) is 38.1 Å². The molecule has 1 saturated heterocycles. The number of aliphatic hydroxyl groups is 1. The van der Waals surface area contributed by atoms with E-state index in [2.05, 4.69) is 0 Å². The van der Waals surface area contributed by atoms with E-state index in [1.807, 2.05) is 30.3 Å². The molecule has 1 aliphatic rings. The van der Waals surface area contributed by atoms with E-state index in [0.29, 0.717) is 19.3 Å². The van der Waals surface area contributed by atoms with Gasteiger partial charge in [-0.1, -0.05) is 30.3 Å². The third-order valence-corrected chi connectivity index (χ3v) is 3.46. The second-order valence-corrected chi connectivity index (χ2v) is 4.89. The van der Waals surface area contributed by atoms with Gasteiger partial charge in [-0.25, -0.2) is 0 Å². The Morgan fingerprint density at radius 3 is 2.16 bits per heavy atom. The summed E-state index contributed by atoms with van der Waals surface area (Å²) in [4.78, 5) is 25.3. The van der Waals surface area contributed by atoms with E-state index >= 15 is 0 Å². The number of rotatable bonds is 4. The first-order valence-corrected chi connectivity index (χ1v) is 6.72. The largest absolute Gasteiger partial charge is 0.394 e. The number of aliphatic hydroxyl groups excluding tert-OH is 1. The molecule has 1 aromatic rings. The van der Waals surface area contributed by atoms with Crippen molar-refractivity contribution >= 4 is 11.8 Å². The number of nitrogens with zero attached hydrogens (tertiary/aromatic N) is 1. The highest BCUT2D eigenvalue weighted by molar-refractivity contribution is 5.96. The molecular weight excluding hydrogens is 242 g/mol. The van der Waals surface area contributed by atoms with Gasteiger partial charge in [-0.05, 0) is 24.8 Å². The SMILES string of the molecule is O=C1CCCCC(=O)N1[C@@H](CO)Cc1ccccc1. The van der Waals surface area contributed by atoms with E-state index in [0.717, 1.165) is 18.4 Å². The first kappa shape index (κ1) is 13.7. The second-order valence-electron chi connectivity index (χ2n) is 4.89. The minimum Gasteiger partial charge on any atom is -0.394 e. The fourth-order valence-electron chi connectivity index (χ4n) is 2.46. The molecule has 1 heterocycles. The second kappa shape index (κ2) is 6.48. The van der Waals surface area contributed by atoms with Crippen LogP contribution in [0.25, 0.3) is 0 Å². The van der Waals surface area contributed by atoms with E-state index in [4.69, 9.17) is 0 Å². The number of carbonyl (C=O) groups is 2. The molecule has 0 aromatic heterocycles. The van der Waals surface area contributed by atoms with Crippen LogP contribution in [0.1, 0.15) is 31.2 Å². The Labute approximate surface area is 113 Å². The van der Waals surface area contributed by atoms with Crippen molar-refractivity contribution in [3.05, 3.63) is 35.9 Å². The average Bonchev–Trinajstić information content (AvgIpc) is 2.59. The van der Waals surface area contributed by atoms with Gasteiger partial charge in [0.25, 0.3) is 0 Å². The number of amides is 2. The van der Waals surface area contributed by atoms with Gasteiger partial charge >= 0.3 is 0 Å². The van der Waals surface area contributed by atoms with Crippen LogP contribution in [0.2, 0.25) is 0 Å². The Morgan fingerprint density at radius 1 is 1.05 bits per heavy atom. The third-order valence-electron chi connectivity index (χ3n) is 3.46. The highest BCUT2D eigenvalue weighted by Gasteiger charge is 2.30. The molecule has 1 aromatic carbocycles. The zero-order chi connectivity index (χ0) is 13.7. The molecule has 19 heavy (non-hydrogen) atoms. The molecule has 0 saturated carbocycles. The number of benzene rings is 1. The summed E-state index contributed by atoms with van der Waals surface area (Å²) >= 11 is 0. The van der Waals surface area contributed by atoms with Gasteiger partial charge in [0, 0.05) is 12.8 Å². The van der Waals surface area contributed by atoms with Gasteiger partial charge in [-0.15, -0.1) is 0 Å². The van der Waals surface area contributed by atoms with Crippen LogP contribution in [0.15, 0.2) is 30.3 Å². The summed E-state index contributed by atoms with van der Waals surface area (Å²) < 4.78 is 0. The minimum atomic E-state index is -0.444. The average molecular weight is 261 g/mol. The Morgan fingerprint density at radius 2 is 1.63 bits per heavy atom. The number of hydrogen-bond donors (Lipinski definition) is 1. The summed E-state index contributed by atoms with van der Waals surface area (Å²) in [6.07, 6.45) is 2.82. The Balaban J connectivity index is 2.15. The zero-order valence-corrected chi connectivity index (χ0v) is 10.9. The molecule has 1 aliphatic heterocycles. The molecule has 102 valence electrons. The summed E-state index contributed by atoms with van der Waals surface area (Å²) in [6, 6.07) is 9.18. The van der Waals surface area contributed by atoms with E-state index in [1.54, 1.807) is 0 Å². The molecule has 0 radical (unpaired) electrons. The maximum absolute atomic E-state index is 12.0. The molecule has 2 rings (SSSR count). The quantitative estimate of drug-likeness (QED) is 0.836. The Hall–Kier alpha value is -1.68. The lowest BCUT2D eigenvalue weighted by atomic mass is 10.0. The normalized spacial score (nSPS) is 18.3. The summed E-state index contributed by atoms with van der Waals surface area (Å²) in [5, 5.41) is 9.52. The smallest absolute Gasteiger partial charge is 0.229 e. The summed E-state index contributed by atoms with van der Waals surface area (Å²) in [5.41, 5.74) is 1.02. The number of imide groups is 1. The van der Waals surface area contributed by atoms with Crippen LogP contribution >= 0.6 is 0 Å². The van der Waals surface area contributed by atoms with Gasteiger partial charge in [0.2, 0.25) is 11.8 Å². The minimum absolute atomic E-state index is 0.155. The van der Waals surface area contributed by atoms with E-state index < -0.39 is 6.04 Å². The van der Waals surface area contributed by atoms with Crippen LogP contribution in [0.3, 0.4) is 0 Å². The molecule has 0 bridgehead atoms. The van der Waals surface area contributed by atoms with Crippen LogP contribution < -0.4 is 0 Å². The molecule has 1 N–H and O–H groups in total. The summed E-state index contributed by atoms with van der Waals surface area (Å²) in [5.74, 6) is -0.310. The van der Waals surface area contributed by atoms with Crippen molar-refractivity contribution in [3.8, 4) is 0 Å². The highest BCUT2D eigenvalue weighted by Crippen LogP contribution is 2.18. The first-order valence-electron chi connectivity index (χ1n) is 6.72. The third kappa shape index (κ3) is 3.41. The predicted molar refractivity (Wildman–Crippen MR) is 71.3 cm³/mol. The Bertz CT molecular complexity index is 426. The molecular formula is C15H19NO3. The molecule has 4 nitrogen and oxygen atoms in total. The van der Waals surface area contributed by atoms with E-state index in [9.17, 15) is 14.7 Å². The molecule has 1 atom stereocenters. The molecule has 1 fully saturated rings. The Kier molecular flexibility index (Phi) is 4.68. The van der Waals surface area contributed by atoms with Crippen molar-refractivity contribution in [1.29, 1.82) is 0 Å². The van der Waals surface area contributed by atoms with Gasteiger partial charge in [0.15, 0.2) is 0 Å². The van der Waals surface area contributed by atoms with Crippen molar-refractivity contribution in [2.75, 3.05) is 6.61 Å². The maximum Gasteiger partial charge on any atom is 0.229 e. The van der Waals surface area contributed by atoms with Crippen LogP contribution in [-0.2, 0) is 16.0 Å². The lowest BCUT2D eigenvalue weighted by molar-refractivity contribution is -0.147. The topological polar surface area (TPSA) is 57.6 Å². The van der Waals surface area contributed by atoms with Crippen molar-refractivity contribution in [1.82, 2.24) is 4.90 Å². The number of carbonyl (C=O) groups excluding carboxylic acids is 2. The molecule has 0 aliphatic carbocycles. The predicted octanol–water partition coefficient (Wildman–Crippen LogP) is 1.52. The van der Waals surface area contributed by atoms with Gasteiger partial charge in [0.05, 0.1) is 12.6 Å². The van der Waals surface area contributed by atoms with Crippen molar-refractivity contribution in [2.24, 2.45) is 0 Å². The van der Waals surface area contributed by atoms with Crippen LogP contribution in [0, 0.1) is 0 Å². The van der Waals surface area contributed by atoms with E-state index in [-0.39, 0.29) is 18.4 Å². The number of likely N-dealkylation sites (tertiary alicyclic amines) is 1.